The molecule has 0 radical (unpaired) electrons. The van der Waals surface area contributed by atoms with Crippen LogP contribution in [0.25, 0.3) is 0 Å². The molecule has 0 aliphatic heterocycles. The first kappa shape index (κ1) is 14.2. The van der Waals surface area contributed by atoms with Crippen LogP contribution in [0.5, 0.6) is 11.5 Å². The third kappa shape index (κ3) is 4.13. The van der Waals surface area contributed by atoms with E-state index in [2.05, 4.69) is 5.32 Å². The van der Waals surface area contributed by atoms with Crippen LogP contribution in [0.2, 0.25) is 0 Å². The van der Waals surface area contributed by atoms with E-state index >= 15 is 0 Å². The minimum atomic E-state index is 0.107. The van der Waals surface area contributed by atoms with E-state index in [0.29, 0.717) is 0 Å². The van der Waals surface area contributed by atoms with Crippen molar-refractivity contribution in [2.24, 2.45) is 5.92 Å². The Labute approximate surface area is 115 Å². The van der Waals surface area contributed by atoms with Gasteiger partial charge in [0.05, 0.1) is 0 Å². The van der Waals surface area contributed by atoms with Crippen LogP contribution in [0.3, 0.4) is 0 Å². The molecule has 3 nitrogen and oxygen atoms in total. The highest BCUT2D eigenvalue weighted by Crippen LogP contribution is 2.29. The molecule has 1 fully saturated rings. The SMILES string of the molecule is CC(NCCC1CCCCC1)c1ccc(O)cc1O. The lowest BCUT2D eigenvalue weighted by Gasteiger charge is -2.23. The van der Waals surface area contributed by atoms with Crippen LogP contribution in [0.15, 0.2) is 18.2 Å². The van der Waals surface area contributed by atoms with E-state index in [1.54, 1.807) is 12.1 Å². The second kappa shape index (κ2) is 6.80. The molecule has 1 aromatic carbocycles. The summed E-state index contributed by atoms with van der Waals surface area (Å²) < 4.78 is 0. The standard InChI is InChI=1S/C16H25NO2/c1-12(15-8-7-14(18)11-16(15)19)17-10-9-13-5-3-2-4-6-13/h7-8,11-13,17-19H,2-6,9-10H2,1H3. The van der Waals surface area contributed by atoms with Gasteiger partial charge in [0.15, 0.2) is 0 Å². The number of nitrogens with one attached hydrogen (secondary N) is 1. The Morgan fingerprint density at radius 2 is 1.95 bits per heavy atom. The van der Waals surface area contributed by atoms with Crippen LogP contribution in [0.4, 0.5) is 0 Å². The topological polar surface area (TPSA) is 52.5 Å². The normalized spacial score (nSPS) is 18.4. The van der Waals surface area contributed by atoms with Gasteiger partial charge in [-0.15, -0.1) is 0 Å². The van der Waals surface area contributed by atoms with Crippen molar-refractivity contribution < 1.29 is 10.2 Å². The lowest BCUT2D eigenvalue weighted by atomic mass is 9.87. The molecule has 0 saturated heterocycles. The summed E-state index contributed by atoms with van der Waals surface area (Å²) in [6, 6.07) is 4.91. The van der Waals surface area contributed by atoms with E-state index in [1.165, 1.54) is 44.6 Å². The summed E-state index contributed by atoms with van der Waals surface area (Å²) in [5.74, 6) is 1.15. The molecule has 3 heteroatoms. The lowest BCUT2D eigenvalue weighted by Crippen LogP contribution is -2.22. The van der Waals surface area contributed by atoms with E-state index in [1.807, 2.05) is 6.92 Å². The molecule has 0 heterocycles. The van der Waals surface area contributed by atoms with Crippen molar-refractivity contribution in [3.05, 3.63) is 23.8 Å². The molecule has 106 valence electrons. The zero-order chi connectivity index (χ0) is 13.7. The molecule has 1 aliphatic carbocycles. The van der Waals surface area contributed by atoms with Gasteiger partial charge >= 0.3 is 0 Å². The average molecular weight is 263 g/mol. The highest BCUT2D eigenvalue weighted by molar-refractivity contribution is 5.40. The van der Waals surface area contributed by atoms with Crippen LogP contribution >= 0.6 is 0 Å². The van der Waals surface area contributed by atoms with Crippen LogP contribution in [0.1, 0.15) is 57.1 Å². The Morgan fingerprint density at radius 3 is 2.63 bits per heavy atom. The number of phenolic OH excluding ortho intramolecular Hbond substituents is 2. The van der Waals surface area contributed by atoms with Gasteiger partial charge in [-0.1, -0.05) is 38.2 Å². The second-order valence-corrected chi connectivity index (χ2v) is 5.71. The van der Waals surface area contributed by atoms with E-state index < -0.39 is 0 Å². The summed E-state index contributed by atoms with van der Waals surface area (Å²) in [6.45, 7) is 3.04. The van der Waals surface area contributed by atoms with E-state index in [0.717, 1.165) is 18.0 Å². The second-order valence-electron chi connectivity index (χ2n) is 5.71. The average Bonchev–Trinajstić information content (AvgIpc) is 2.39. The van der Waals surface area contributed by atoms with Crippen molar-refractivity contribution in [2.45, 2.75) is 51.5 Å². The summed E-state index contributed by atoms with van der Waals surface area (Å²) in [5, 5.41) is 22.6. The van der Waals surface area contributed by atoms with Crippen molar-refractivity contribution in [1.29, 1.82) is 0 Å². The predicted octanol–water partition coefficient (Wildman–Crippen LogP) is 3.72. The Bertz CT molecular complexity index is 400. The quantitative estimate of drug-likeness (QED) is 0.759. The fraction of sp³-hybridized carbons (Fsp3) is 0.625. The Morgan fingerprint density at radius 1 is 1.21 bits per heavy atom. The molecule has 1 atom stereocenters. The lowest BCUT2D eigenvalue weighted by molar-refractivity contribution is 0.328. The first-order valence-corrected chi connectivity index (χ1v) is 7.42. The fourth-order valence-electron chi connectivity index (χ4n) is 2.99. The molecule has 1 aromatic rings. The minimum Gasteiger partial charge on any atom is -0.508 e. The van der Waals surface area contributed by atoms with Gasteiger partial charge in [-0.3, -0.25) is 0 Å². The third-order valence-electron chi connectivity index (χ3n) is 4.21. The highest BCUT2D eigenvalue weighted by Gasteiger charge is 2.14. The zero-order valence-corrected chi connectivity index (χ0v) is 11.7. The van der Waals surface area contributed by atoms with Crippen molar-refractivity contribution in [1.82, 2.24) is 5.32 Å². The van der Waals surface area contributed by atoms with E-state index in [-0.39, 0.29) is 17.5 Å². The number of aromatic hydroxyl groups is 2. The first-order valence-electron chi connectivity index (χ1n) is 7.42. The predicted molar refractivity (Wildman–Crippen MR) is 77.4 cm³/mol. The number of benzene rings is 1. The van der Waals surface area contributed by atoms with Gasteiger partial charge in [0.1, 0.15) is 11.5 Å². The summed E-state index contributed by atoms with van der Waals surface area (Å²) in [7, 11) is 0. The van der Waals surface area contributed by atoms with Gasteiger partial charge in [0.25, 0.3) is 0 Å². The maximum absolute atomic E-state index is 9.81. The van der Waals surface area contributed by atoms with Gasteiger partial charge in [-0.2, -0.15) is 0 Å². The largest absolute Gasteiger partial charge is 0.508 e. The molecule has 3 N–H and O–H groups in total. The van der Waals surface area contributed by atoms with E-state index in [9.17, 15) is 10.2 Å². The molecular weight excluding hydrogens is 238 g/mol. The van der Waals surface area contributed by atoms with Crippen LogP contribution in [0, 0.1) is 5.92 Å². The molecule has 0 aromatic heterocycles. The summed E-state index contributed by atoms with van der Waals surface area (Å²) in [5.41, 5.74) is 0.849. The van der Waals surface area contributed by atoms with Crippen LogP contribution in [-0.2, 0) is 0 Å². The number of hydrogen-bond acceptors (Lipinski definition) is 3. The minimum absolute atomic E-state index is 0.107. The Balaban J connectivity index is 1.78. The monoisotopic (exact) mass is 263 g/mol. The van der Waals surface area contributed by atoms with Crippen molar-refractivity contribution in [3.8, 4) is 11.5 Å². The van der Waals surface area contributed by atoms with Crippen molar-refractivity contribution in [3.63, 3.8) is 0 Å². The fourth-order valence-corrected chi connectivity index (χ4v) is 2.99. The van der Waals surface area contributed by atoms with Gasteiger partial charge in [-0.25, -0.2) is 0 Å². The third-order valence-corrected chi connectivity index (χ3v) is 4.21. The Hall–Kier alpha value is -1.22. The molecule has 0 spiro atoms. The maximum atomic E-state index is 9.81. The van der Waals surface area contributed by atoms with Gasteiger partial charge in [0, 0.05) is 17.7 Å². The molecule has 19 heavy (non-hydrogen) atoms. The molecule has 1 aliphatic rings. The van der Waals surface area contributed by atoms with Gasteiger partial charge in [0.2, 0.25) is 0 Å². The Kier molecular flexibility index (Phi) is 5.08. The number of phenols is 2. The summed E-state index contributed by atoms with van der Waals surface area (Å²) in [6.07, 6.45) is 8.16. The molecule has 1 unspecified atom stereocenters. The molecule has 0 bridgehead atoms. The molecule has 0 amide bonds. The van der Waals surface area contributed by atoms with Crippen molar-refractivity contribution >= 4 is 0 Å². The molecule has 1 saturated carbocycles. The van der Waals surface area contributed by atoms with Gasteiger partial charge in [-0.05, 0) is 31.9 Å². The van der Waals surface area contributed by atoms with E-state index in [4.69, 9.17) is 0 Å². The number of hydrogen-bond donors (Lipinski definition) is 3. The van der Waals surface area contributed by atoms with Gasteiger partial charge < -0.3 is 15.5 Å². The van der Waals surface area contributed by atoms with Crippen LogP contribution in [-0.4, -0.2) is 16.8 Å². The first-order chi connectivity index (χ1) is 9.16. The summed E-state index contributed by atoms with van der Waals surface area (Å²) >= 11 is 0. The zero-order valence-electron chi connectivity index (χ0n) is 11.7. The molecule has 2 rings (SSSR count). The number of rotatable bonds is 5. The molecular formula is C16H25NO2. The van der Waals surface area contributed by atoms with Crippen molar-refractivity contribution in [2.75, 3.05) is 6.54 Å². The maximum Gasteiger partial charge on any atom is 0.124 e. The summed E-state index contributed by atoms with van der Waals surface area (Å²) in [4.78, 5) is 0. The smallest absolute Gasteiger partial charge is 0.124 e. The van der Waals surface area contributed by atoms with Crippen LogP contribution < -0.4 is 5.32 Å². The highest BCUT2D eigenvalue weighted by atomic mass is 16.3.